The molecule has 1 aromatic heterocycles. The van der Waals surface area contributed by atoms with Gasteiger partial charge in [0.15, 0.2) is 0 Å². The Labute approximate surface area is 224 Å². The Morgan fingerprint density at radius 3 is 2.26 bits per heavy atom. The van der Waals surface area contributed by atoms with E-state index in [9.17, 15) is 9.90 Å². The van der Waals surface area contributed by atoms with E-state index in [4.69, 9.17) is 9.47 Å². The van der Waals surface area contributed by atoms with Gasteiger partial charge in [0.2, 0.25) is 5.91 Å². The van der Waals surface area contributed by atoms with Crippen molar-refractivity contribution in [2.24, 2.45) is 0 Å². The van der Waals surface area contributed by atoms with Crippen molar-refractivity contribution in [1.29, 1.82) is 0 Å². The van der Waals surface area contributed by atoms with E-state index in [0.29, 0.717) is 19.6 Å². The summed E-state index contributed by atoms with van der Waals surface area (Å²) in [5, 5.41) is 12.7. The van der Waals surface area contributed by atoms with Gasteiger partial charge in [-0.15, -0.1) is 0 Å². The predicted octanol–water partition coefficient (Wildman–Crippen LogP) is 5.34. The summed E-state index contributed by atoms with van der Waals surface area (Å²) in [6.45, 7) is 5.49. The van der Waals surface area contributed by atoms with Crippen LogP contribution in [0.5, 0.6) is 5.75 Å². The number of rotatable bonds is 13. The fraction of sp³-hybridized carbons (Fsp3) is 0.281. The third-order valence-electron chi connectivity index (χ3n) is 6.56. The van der Waals surface area contributed by atoms with Crippen molar-refractivity contribution in [2.75, 3.05) is 19.8 Å². The highest BCUT2D eigenvalue weighted by Crippen LogP contribution is 2.23. The molecule has 0 fully saturated rings. The molecule has 0 bridgehead atoms. The van der Waals surface area contributed by atoms with Gasteiger partial charge in [-0.3, -0.25) is 4.79 Å². The molecule has 38 heavy (non-hydrogen) atoms. The summed E-state index contributed by atoms with van der Waals surface area (Å²) in [5.74, 6) is 0.535. The molecule has 0 aliphatic rings. The minimum absolute atomic E-state index is 0.185. The summed E-state index contributed by atoms with van der Waals surface area (Å²) in [6, 6.07) is 31.4. The molecule has 0 aliphatic heterocycles. The summed E-state index contributed by atoms with van der Waals surface area (Å²) in [4.78, 5) is 13.0. The van der Waals surface area contributed by atoms with Crippen LogP contribution >= 0.6 is 0 Å². The second-order valence-electron chi connectivity index (χ2n) is 9.17. The highest BCUT2D eigenvalue weighted by molar-refractivity contribution is 5.81. The van der Waals surface area contributed by atoms with E-state index >= 15 is 0 Å². The number of aliphatic hydroxyl groups is 1. The number of nitrogens with one attached hydrogen (secondary N) is 1. The van der Waals surface area contributed by atoms with Crippen molar-refractivity contribution >= 4 is 5.91 Å². The predicted molar refractivity (Wildman–Crippen MR) is 150 cm³/mol. The van der Waals surface area contributed by atoms with Crippen LogP contribution in [0.4, 0.5) is 0 Å². The van der Waals surface area contributed by atoms with Crippen molar-refractivity contribution in [3.63, 3.8) is 0 Å². The van der Waals surface area contributed by atoms with Crippen molar-refractivity contribution in [2.45, 2.75) is 39.0 Å². The van der Waals surface area contributed by atoms with E-state index in [1.165, 1.54) is 17.0 Å². The Morgan fingerprint density at radius 2 is 1.61 bits per heavy atom. The average molecular weight is 513 g/mol. The molecule has 0 aliphatic carbocycles. The lowest BCUT2D eigenvalue weighted by Crippen LogP contribution is -2.41. The van der Waals surface area contributed by atoms with Crippen molar-refractivity contribution < 1.29 is 19.4 Å². The quantitative estimate of drug-likeness (QED) is 0.254. The van der Waals surface area contributed by atoms with Gasteiger partial charge in [0.1, 0.15) is 18.5 Å². The monoisotopic (exact) mass is 512 g/mol. The van der Waals surface area contributed by atoms with Gasteiger partial charge in [0.25, 0.3) is 0 Å². The molecule has 6 heteroatoms. The van der Waals surface area contributed by atoms with Crippen LogP contribution < -0.4 is 10.1 Å². The van der Waals surface area contributed by atoms with E-state index < -0.39 is 12.1 Å². The molecular formula is C32H36N2O4. The first-order valence-corrected chi connectivity index (χ1v) is 13.1. The van der Waals surface area contributed by atoms with Crippen molar-refractivity contribution in [1.82, 2.24) is 9.88 Å². The van der Waals surface area contributed by atoms with E-state index in [-0.39, 0.29) is 12.5 Å². The highest BCUT2D eigenvalue weighted by Gasteiger charge is 2.23. The molecule has 0 radical (unpaired) electrons. The second kappa shape index (κ2) is 13.6. The van der Waals surface area contributed by atoms with Crippen LogP contribution in [0.2, 0.25) is 0 Å². The molecule has 6 nitrogen and oxygen atoms in total. The molecule has 3 aromatic carbocycles. The Morgan fingerprint density at radius 1 is 0.921 bits per heavy atom. The van der Waals surface area contributed by atoms with Crippen molar-refractivity contribution in [3.8, 4) is 17.0 Å². The maximum absolute atomic E-state index is 13.0. The Balaban J connectivity index is 1.33. The number of carbonyl (C=O) groups excluding carboxylic acids is 1. The van der Waals surface area contributed by atoms with Crippen LogP contribution in [0.15, 0.2) is 97.1 Å². The number of aliphatic hydroxyl groups excluding tert-OH is 1. The topological polar surface area (TPSA) is 72.7 Å². The summed E-state index contributed by atoms with van der Waals surface area (Å²) in [6.07, 6.45) is -0.228. The first-order chi connectivity index (χ1) is 18.6. The van der Waals surface area contributed by atoms with Crippen molar-refractivity contribution in [3.05, 3.63) is 114 Å². The van der Waals surface area contributed by atoms with Crippen LogP contribution in [0.25, 0.3) is 11.3 Å². The molecule has 0 saturated carbocycles. The number of benzene rings is 3. The average Bonchev–Trinajstić information content (AvgIpc) is 3.33. The van der Waals surface area contributed by atoms with Crippen LogP contribution in [0.3, 0.4) is 0 Å². The van der Waals surface area contributed by atoms with Gasteiger partial charge in [0.05, 0.1) is 19.2 Å². The number of amides is 1. The standard InChI is InChI=1S/C32H36N2O4/c1-3-37-31(32(36)33-29(23-35)26-10-6-4-7-11-26)22-25-15-17-28(18-16-25)38-21-20-34-24(2)14-19-30(34)27-12-8-5-9-13-27/h4-19,29,31,35H,3,20-23H2,1-2H3,(H,33,36). The fourth-order valence-corrected chi connectivity index (χ4v) is 4.53. The molecule has 4 aromatic rings. The molecular weight excluding hydrogens is 476 g/mol. The summed E-state index contributed by atoms with van der Waals surface area (Å²) < 4.78 is 14.1. The minimum atomic E-state index is -0.655. The van der Waals surface area contributed by atoms with Crippen LogP contribution in [0, 0.1) is 6.92 Å². The number of carbonyl (C=O) groups is 1. The molecule has 1 amide bonds. The molecule has 2 N–H and O–H groups in total. The number of nitrogens with zero attached hydrogens (tertiary/aromatic N) is 1. The smallest absolute Gasteiger partial charge is 0.250 e. The zero-order valence-electron chi connectivity index (χ0n) is 22.0. The van der Waals surface area contributed by atoms with Gasteiger partial charge >= 0.3 is 0 Å². The normalized spacial score (nSPS) is 12.6. The third kappa shape index (κ3) is 7.12. The fourth-order valence-electron chi connectivity index (χ4n) is 4.53. The van der Waals surface area contributed by atoms with Gasteiger partial charge in [-0.1, -0.05) is 72.8 Å². The number of aromatic nitrogens is 1. The van der Waals surface area contributed by atoms with Gasteiger partial charge in [-0.2, -0.15) is 0 Å². The Bertz CT molecular complexity index is 1270. The molecule has 2 unspecified atom stereocenters. The van der Waals surface area contributed by atoms with E-state index in [0.717, 1.165) is 23.4 Å². The third-order valence-corrected chi connectivity index (χ3v) is 6.56. The first kappa shape index (κ1) is 27.2. The SMILES string of the molecule is CCOC(Cc1ccc(OCCn2c(C)ccc2-c2ccccc2)cc1)C(=O)NC(CO)c1ccccc1. The summed E-state index contributed by atoms with van der Waals surface area (Å²) in [5.41, 5.74) is 5.38. The van der Waals surface area contributed by atoms with Crippen LogP contribution in [-0.4, -0.2) is 41.5 Å². The molecule has 0 saturated heterocycles. The maximum Gasteiger partial charge on any atom is 0.250 e. The highest BCUT2D eigenvalue weighted by atomic mass is 16.5. The number of hydrogen-bond donors (Lipinski definition) is 2. The molecule has 2 atom stereocenters. The summed E-state index contributed by atoms with van der Waals surface area (Å²) in [7, 11) is 0. The maximum atomic E-state index is 13.0. The number of ether oxygens (including phenoxy) is 2. The van der Waals surface area contributed by atoms with Gasteiger partial charge in [-0.25, -0.2) is 0 Å². The van der Waals surface area contributed by atoms with Crippen LogP contribution in [-0.2, 0) is 22.5 Å². The summed E-state index contributed by atoms with van der Waals surface area (Å²) >= 11 is 0. The Kier molecular flexibility index (Phi) is 9.73. The van der Waals surface area contributed by atoms with Crippen LogP contribution in [0.1, 0.15) is 29.8 Å². The van der Waals surface area contributed by atoms with E-state index in [2.05, 4.69) is 41.1 Å². The van der Waals surface area contributed by atoms with Gasteiger partial charge in [-0.05, 0) is 54.8 Å². The van der Waals surface area contributed by atoms with Gasteiger partial charge < -0.3 is 24.5 Å². The molecule has 1 heterocycles. The van der Waals surface area contributed by atoms with E-state index in [1.807, 2.05) is 79.7 Å². The van der Waals surface area contributed by atoms with Gasteiger partial charge in [0, 0.05) is 24.4 Å². The molecule has 4 rings (SSSR count). The first-order valence-electron chi connectivity index (χ1n) is 13.1. The van der Waals surface area contributed by atoms with E-state index in [1.54, 1.807) is 0 Å². The lowest BCUT2D eigenvalue weighted by Gasteiger charge is -2.22. The molecule has 198 valence electrons. The Hall–Kier alpha value is -3.87. The largest absolute Gasteiger partial charge is 0.492 e. The number of aryl methyl sites for hydroxylation is 1. The lowest BCUT2D eigenvalue weighted by atomic mass is 10.0. The minimum Gasteiger partial charge on any atom is -0.492 e. The zero-order valence-corrected chi connectivity index (χ0v) is 22.0. The molecule has 0 spiro atoms. The lowest BCUT2D eigenvalue weighted by molar-refractivity contribution is -0.133. The second-order valence-corrected chi connectivity index (χ2v) is 9.17. The zero-order chi connectivity index (χ0) is 26.7. The number of hydrogen-bond acceptors (Lipinski definition) is 4.